The zero-order chi connectivity index (χ0) is 17.5. The summed E-state index contributed by atoms with van der Waals surface area (Å²) in [6.07, 6.45) is 1.92. The summed E-state index contributed by atoms with van der Waals surface area (Å²) in [5.41, 5.74) is 0.905. The van der Waals surface area contributed by atoms with Crippen LogP contribution in [0.1, 0.15) is 32.4 Å². The molecule has 0 saturated carbocycles. The maximum absolute atomic E-state index is 5.31. The topological polar surface area (TPSA) is 69.3 Å². The lowest BCUT2D eigenvalue weighted by atomic mass is 10.1. The second-order valence-electron chi connectivity index (χ2n) is 6.21. The van der Waals surface area contributed by atoms with E-state index in [4.69, 9.17) is 4.52 Å². The molecule has 7 nitrogen and oxygen atoms in total. The van der Waals surface area contributed by atoms with Crippen LogP contribution in [-0.4, -0.2) is 67.3 Å². The average molecular weight is 332 g/mol. The average Bonchev–Trinajstić information content (AvgIpc) is 3.03. The van der Waals surface area contributed by atoms with E-state index in [1.165, 1.54) is 0 Å². The Morgan fingerprint density at radius 2 is 2.12 bits per heavy atom. The third kappa shape index (κ3) is 4.92. The summed E-state index contributed by atoms with van der Waals surface area (Å²) in [5.74, 6) is 2.40. The highest BCUT2D eigenvalue weighted by molar-refractivity contribution is 5.94. The molecule has 1 aliphatic rings. The van der Waals surface area contributed by atoms with Crippen molar-refractivity contribution in [2.24, 2.45) is 9.98 Å². The first-order chi connectivity index (χ1) is 11.5. The number of aromatic nitrogens is 1. The second-order valence-corrected chi connectivity index (χ2v) is 6.21. The van der Waals surface area contributed by atoms with Crippen LogP contribution < -0.4 is 5.32 Å². The third-order valence-electron chi connectivity index (χ3n) is 3.95. The molecule has 2 heterocycles. The molecule has 0 atom stereocenters. The molecule has 0 aromatic carbocycles. The molecule has 0 bridgehead atoms. The monoisotopic (exact) mass is 332 g/mol. The molecular weight excluding hydrogens is 304 g/mol. The van der Waals surface area contributed by atoms with Crippen molar-refractivity contribution in [3.8, 4) is 0 Å². The number of amidine groups is 1. The Morgan fingerprint density at radius 3 is 2.67 bits per heavy atom. The maximum Gasteiger partial charge on any atom is 0.230 e. The van der Waals surface area contributed by atoms with Gasteiger partial charge in [-0.2, -0.15) is 0 Å². The smallest absolute Gasteiger partial charge is 0.230 e. The lowest BCUT2D eigenvalue weighted by Gasteiger charge is -2.33. The summed E-state index contributed by atoms with van der Waals surface area (Å²) in [7, 11) is 2.14. The Hall–Kier alpha value is -2.15. The van der Waals surface area contributed by atoms with Crippen LogP contribution in [0, 0.1) is 0 Å². The first-order valence-corrected chi connectivity index (χ1v) is 8.43. The molecular formula is C17H28N6O. The molecule has 24 heavy (non-hydrogen) atoms. The first-order valence-electron chi connectivity index (χ1n) is 8.43. The highest BCUT2D eigenvalue weighted by Crippen LogP contribution is 2.19. The lowest BCUT2D eigenvalue weighted by molar-refractivity contribution is 0.216. The number of nitrogens with zero attached hydrogens (tertiary/aromatic N) is 5. The van der Waals surface area contributed by atoms with Crippen LogP contribution in [0.2, 0.25) is 0 Å². The lowest BCUT2D eigenvalue weighted by Crippen LogP contribution is -2.46. The second kappa shape index (κ2) is 8.63. The molecule has 0 spiro atoms. The Labute approximate surface area is 144 Å². The van der Waals surface area contributed by atoms with Crippen molar-refractivity contribution in [2.45, 2.75) is 26.7 Å². The van der Waals surface area contributed by atoms with Gasteiger partial charge in [0.1, 0.15) is 11.7 Å². The number of piperazine rings is 1. The third-order valence-corrected chi connectivity index (χ3v) is 3.95. The van der Waals surface area contributed by atoms with E-state index in [9.17, 15) is 0 Å². The molecule has 2 rings (SSSR count). The highest BCUT2D eigenvalue weighted by Gasteiger charge is 2.17. The first kappa shape index (κ1) is 18.2. The van der Waals surface area contributed by atoms with Gasteiger partial charge in [0.2, 0.25) is 5.88 Å². The Balaban J connectivity index is 2.12. The molecule has 0 amide bonds. The fourth-order valence-electron chi connectivity index (χ4n) is 2.42. The molecule has 0 unspecified atom stereocenters. The van der Waals surface area contributed by atoms with Crippen LogP contribution in [0.3, 0.4) is 0 Å². The highest BCUT2D eigenvalue weighted by atomic mass is 16.5. The zero-order valence-corrected chi connectivity index (χ0v) is 15.1. The van der Waals surface area contributed by atoms with Crippen LogP contribution in [0.25, 0.3) is 0 Å². The quantitative estimate of drug-likeness (QED) is 0.640. The molecule has 1 aromatic heterocycles. The van der Waals surface area contributed by atoms with E-state index in [1.54, 1.807) is 0 Å². The summed E-state index contributed by atoms with van der Waals surface area (Å²) in [6.45, 7) is 14.5. The van der Waals surface area contributed by atoms with Crippen LogP contribution in [0.15, 0.2) is 32.5 Å². The van der Waals surface area contributed by atoms with Gasteiger partial charge < -0.3 is 19.6 Å². The minimum Gasteiger partial charge on any atom is -0.354 e. The summed E-state index contributed by atoms with van der Waals surface area (Å²) in [6, 6.07) is 1.89. The number of likely N-dealkylation sites (N-methyl/N-ethyl adjacent to an activating group) is 1. The predicted octanol–water partition coefficient (Wildman–Crippen LogP) is 2.42. The minimum atomic E-state index is 0.316. The van der Waals surface area contributed by atoms with E-state index < -0.39 is 0 Å². The fourth-order valence-corrected chi connectivity index (χ4v) is 2.42. The summed E-state index contributed by atoms with van der Waals surface area (Å²) < 4.78 is 5.31. The van der Waals surface area contributed by atoms with Crippen molar-refractivity contribution < 1.29 is 4.52 Å². The summed E-state index contributed by atoms with van der Waals surface area (Å²) in [4.78, 5) is 13.3. The molecule has 1 saturated heterocycles. The van der Waals surface area contributed by atoms with Gasteiger partial charge >= 0.3 is 0 Å². The van der Waals surface area contributed by atoms with Gasteiger partial charge in [-0.3, -0.25) is 4.99 Å². The van der Waals surface area contributed by atoms with Gasteiger partial charge in [0.25, 0.3) is 0 Å². The molecule has 0 aliphatic carbocycles. The zero-order valence-electron chi connectivity index (χ0n) is 15.1. The molecule has 1 fully saturated rings. The molecule has 132 valence electrons. The van der Waals surface area contributed by atoms with Crippen LogP contribution >= 0.6 is 0 Å². The van der Waals surface area contributed by atoms with E-state index in [0.29, 0.717) is 17.6 Å². The van der Waals surface area contributed by atoms with Gasteiger partial charge in [-0.05, 0) is 26.6 Å². The Bertz CT molecular complexity index is 596. The van der Waals surface area contributed by atoms with Crippen molar-refractivity contribution in [3.05, 3.63) is 23.7 Å². The van der Waals surface area contributed by atoms with E-state index >= 15 is 0 Å². The number of aliphatic imine (C=N–C) groups is 2. The Morgan fingerprint density at radius 1 is 1.42 bits per heavy atom. The number of anilines is 1. The van der Waals surface area contributed by atoms with Crippen LogP contribution in [0.5, 0.6) is 0 Å². The van der Waals surface area contributed by atoms with Crippen LogP contribution in [0.4, 0.5) is 5.88 Å². The minimum absolute atomic E-state index is 0.316. The van der Waals surface area contributed by atoms with Gasteiger partial charge in [-0.1, -0.05) is 19.0 Å². The van der Waals surface area contributed by atoms with Crippen molar-refractivity contribution in [3.63, 3.8) is 0 Å². The van der Waals surface area contributed by atoms with E-state index in [0.717, 1.165) is 44.3 Å². The van der Waals surface area contributed by atoms with Gasteiger partial charge in [-0.25, -0.2) is 4.99 Å². The Kier molecular flexibility index (Phi) is 6.54. The molecule has 1 N–H and O–H groups in total. The number of nitrogens with one attached hydrogen (secondary N) is 1. The van der Waals surface area contributed by atoms with Gasteiger partial charge in [0, 0.05) is 44.9 Å². The van der Waals surface area contributed by atoms with Gasteiger partial charge in [0.15, 0.2) is 0 Å². The van der Waals surface area contributed by atoms with E-state index in [1.807, 2.05) is 19.1 Å². The molecule has 1 aromatic rings. The standard InChI is InChI=1S/C17H28N6O/c1-6-19-16(23-9-7-22(5)8-10-23)12-15(18-4)20-17-11-14(13(2)3)21-24-17/h11-13,20H,4,6-10H2,1-3,5H3/b15-12+,19-16?. The number of hydrogen-bond acceptors (Lipinski definition) is 6. The van der Waals surface area contributed by atoms with Crippen molar-refractivity contribution in [1.29, 1.82) is 0 Å². The van der Waals surface area contributed by atoms with Crippen LogP contribution in [-0.2, 0) is 0 Å². The van der Waals surface area contributed by atoms with Crippen molar-refractivity contribution >= 4 is 18.4 Å². The fraction of sp³-hybridized carbons (Fsp3) is 0.588. The molecule has 7 heteroatoms. The van der Waals surface area contributed by atoms with E-state index in [-0.39, 0.29) is 0 Å². The van der Waals surface area contributed by atoms with Crippen molar-refractivity contribution in [1.82, 2.24) is 15.0 Å². The number of rotatable bonds is 6. The molecule has 1 aliphatic heterocycles. The summed E-state index contributed by atoms with van der Waals surface area (Å²) in [5, 5.41) is 7.17. The number of hydrogen-bond donors (Lipinski definition) is 1. The van der Waals surface area contributed by atoms with Gasteiger partial charge in [-0.15, -0.1) is 0 Å². The molecule has 0 radical (unpaired) electrons. The predicted molar refractivity (Wildman–Crippen MR) is 98.9 cm³/mol. The largest absolute Gasteiger partial charge is 0.354 e. The van der Waals surface area contributed by atoms with Crippen molar-refractivity contribution in [2.75, 3.05) is 45.1 Å². The summed E-state index contributed by atoms with van der Waals surface area (Å²) >= 11 is 0. The van der Waals surface area contributed by atoms with E-state index in [2.05, 4.69) is 57.9 Å². The normalized spacial score (nSPS) is 17.5. The SMILES string of the molecule is C=N/C(=C\C(=NCC)N1CCN(C)CC1)Nc1cc(C(C)C)no1. The maximum atomic E-state index is 5.31. The van der Waals surface area contributed by atoms with Gasteiger partial charge in [0.05, 0.1) is 5.69 Å².